The number of hydrogen-bond acceptors (Lipinski definition) is 5. The molecule has 0 aromatic heterocycles. The van der Waals surface area contributed by atoms with Gasteiger partial charge in [0, 0.05) is 18.7 Å². The number of non-ortho nitro benzene ring substituents is 1. The van der Waals surface area contributed by atoms with E-state index < -0.39 is 17.1 Å². The number of nitrogens with zero attached hydrogens (tertiary/aromatic N) is 1. The maximum absolute atomic E-state index is 10.7. The molecule has 2 atom stereocenters. The third kappa shape index (κ3) is 10.8. The first-order chi connectivity index (χ1) is 14.5. The monoisotopic (exact) mass is 439 g/mol. The van der Waals surface area contributed by atoms with Crippen LogP contribution in [0.5, 0.6) is 0 Å². The molecule has 1 aromatic rings. The van der Waals surface area contributed by atoms with Crippen molar-refractivity contribution in [1.29, 1.82) is 0 Å². The normalized spacial score (nSPS) is 12.9. The number of nitro groups is 1. The number of thiocarbonyl (C=S) groups is 1. The average Bonchev–Trinajstić information content (AvgIpc) is 2.75. The second kappa shape index (κ2) is 16.0. The van der Waals surface area contributed by atoms with Gasteiger partial charge in [-0.25, -0.2) is 0 Å². The number of rotatable bonds is 16. The number of nitrogens with one attached hydrogen (secondary N) is 2. The van der Waals surface area contributed by atoms with E-state index in [0.29, 0.717) is 10.7 Å². The van der Waals surface area contributed by atoms with Crippen LogP contribution in [0.25, 0.3) is 0 Å². The highest BCUT2D eigenvalue weighted by Gasteiger charge is 2.21. The summed E-state index contributed by atoms with van der Waals surface area (Å²) in [6, 6.07) is 4.92. The molecule has 30 heavy (non-hydrogen) atoms. The van der Waals surface area contributed by atoms with Crippen LogP contribution in [0.1, 0.15) is 82.8 Å². The number of benzene rings is 1. The molecular formula is C22H37N3O4S. The summed E-state index contributed by atoms with van der Waals surface area (Å²) in [7, 11) is 0. The zero-order valence-corrected chi connectivity index (χ0v) is 18.8. The molecule has 0 aliphatic rings. The average molecular weight is 440 g/mol. The third-order valence-electron chi connectivity index (χ3n) is 5.16. The van der Waals surface area contributed by atoms with Crippen LogP contribution >= 0.6 is 12.2 Å². The molecule has 0 heterocycles. The van der Waals surface area contributed by atoms with Gasteiger partial charge in [-0.15, -0.1) is 0 Å². The largest absolute Gasteiger partial charge is 0.394 e. The fourth-order valence-corrected chi connectivity index (χ4v) is 3.54. The van der Waals surface area contributed by atoms with Gasteiger partial charge in [0.05, 0.1) is 17.6 Å². The minimum absolute atomic E-state index is 0.0480. The predicted octanol–water partition coefficient (Wildman–Crippen LogP) is 4.37. The topological polar surface area (TPSA) is 108 Å². The van der Waals surface area contributed by atoms with Gasteiger partial charge in [-0.05, 0) is 36.3 Å². The zero-order chi connectivity index (χ0) is 22.2. The lowest BCUT2D eigenvalue weighted by Crippen LogP contribution is -2.46. The Kier molecular flexibility index (Phi) is 14.0. The first-order valence-electron chi connectivity index (χ1n) is 11.1. The van der Waals surface area contributed by atoms with Gasteiger partial charge in [0.15, 0.2) is 5.11 Å². The maximum Gasteiger partial charge on any atom is 0.269 e. The molecule has 8 heteroatoms. The Morgan fingerprint density at radius 1 is 1.03 bits per heavy atom. The fraction of sp³-hybridized carbons (Fsp3) is 0.682. The molecule has 0 amide bonds. The molecule has 0 spiro atoms. The van der Waals surface area contributed by atoms with E-state index in [2.05, 4.69) is 17.6 Å². The van der Waals surface area contributed by atoms with Gasteiger partial charge in [0.2, 0.25) is 0 Å². The summed E-state index contributed by atoms with van der Waals surface area (Å²) in [5.41, 5.74) is 0.429. The maximum atomic E-state index is 10.7. The molecule has 0 fully saturated rings. The van der Waals surface area contributed by atoms with Crippen molar-refractivity contribution < 1.29 is 15.1 Å². The van der Waals surface area contributed by atoms with E-state index in [1.54, 1.807) is 0 Å². The van der Waals surface area contributed by atoms with Crippen LogP contribution in [-0.4, -0.2) is 39.4 Å². The molecule has 4 N–H and O–H groups in total. The summed E-state index contributed by atoms with van der Waals surface area (Å²) in [4.78, 5) is 10.2. The van der Waals surface area contributed by atoms with Crippen molar-refractivity contribution in [2.75, 3.05) is 13.2 Å². The van der Waals surface area contributed by atoms with Crippen LogP contribution in [0.2, 0.25) is 0 Å². The molecule has 0 unspecified atom stereocenters. The molecule has 0 radical (unpaired) electrons. The van der Waals surface area contributed by atoms with E-state index in [1.807, 2.05) is 0 Å². The van der Waals surface area contributed by atoms with Crippen molar-refractivity contribution in [2.24, 2.45) is 0 Å². The van der Waals surface area contributed by atoms with Gasteiger partial charge in [-0.2, -0.15) is 0 Å². The van der Waals surface area contributed by atoms with Crippen LogP contribution in [0.3, 0.4) is 0 Å². The Morgan fingerprint density at radius 3 is 2.07 bits per heavy atom. The van der Waals surface area contributed by atoms with Crippen molar-refractivity contribution in [3.63, 3.8) is 0 Å². The lowest BCUT2D eigenvalue weighted by molar-refractivity contribution is -0.384. The van der Waals surface area contributed by atoms with Crippen molar-refractivity contribution in [3.05, 3.63) is 39.9 Å². The Bertz CT molecular complexity index is 613. The van der Waals surface area contributed by atoms with Crippen molar-refractivity contribution in [3.8, 4) is 0 Å². The molecule has 1 aromatic carbocycles. The lowest BCUT2D eigenvalue weighted by Gasteiger charge is -2.24. The minimum Gasteiger partial charge on any atom is -0.394 e. The van der Waals surface area contributed by atoms with E-state index in [-0.39, 0.29) is 12.3 Å². The molecule has 0 aliphatic carbocycles. The molecule has 0 aliphatic heterocycles. The Hall–Kier alpha value is -1.77. The quantitative estimate of drug-likeness (QED) is 0.131. The minimum atomic E-state index is -1.03. The lowest BCUT2D eigenvalue weighted by atomic mass is 10.0. The second-order valence-electron chi connectivity index (χ2n) is 7.66. The first kappa shape index (κ1) is 26.3. The number of unbranched alkanes of at least 4 members (excludes halogenated alkanes) is 9. The van der Waals surface area contributed by atoms with E-state index in [4.69, 9.17) is 12.2 Å². The zero-order valence-electron chi connectivity index (χ0n) is 18.0. The molecule has 170 valence electrons. The van der Waals surface area contributed by atoms with Crippen molar-refractivity contribution >= 4 is 23.0 Å². The predicted molar refractivity (Wildman–Crippen MR) is 125 cm³/mol. The third-order valence-corrected chi connectivity index (χ3v) is 5.42. The van der Waals surface area contributed by atoms with Gasteiger partial charge < -0.3 is 20.8 Å². The fourth-order valence-electron chi connectivity index (χ4n) is 3.28. The summed E-state index contributed by atoms with van der Waals surface area (Å²) in [6.45, 7) is 2.66. The van der Waals surface area contributed by atoms with Crippen LogP contribution in [0.15, 0.2) is 24.3 Å². The summed E-state index contributed by atoms with van der Waals surface area (Å²) in [5, 5.41) is 37.2. The number of aliphatic hydroxyl groups is 2. The van der Waals surface area contributed by atoms with Crippen LogP contribution in [0.4, 0.5) is 5.69 Å². The first-order valence-corrected chi connectivity index (χ1v) is 11.5. The van der Waals surface area contributed by atoms with E-state index in [0.717, 1.165) is 19.4 Å². The molecule has 0 bridgehead atoms. The Balaban J connectivity index is 2.20. The highest BCUT2D eigenvalue weighted by molar-refractivity contribution is 7.80. The number of hydrogen-bond donors (Lipinski definition) is 4. The summed E-state index contributed by atoms with van der Waals surface area (Å²) >= 11 is 5.26. The molecule has 0 saturated carbocycles. The Morgan fingerprint density at radius 2 is 1.57 bits per heavy atom. The van der Waals surface area contributed by atoms with Gasteiger partial charge in [-0.3, -0.25) is 10.1 Å². The van der Waals surface area contributed by atoms with Crippen molar-refractivity contribution in [2.45, 2.75) is 83.3 Å². The highest BCUT2D eigenvalue weighted by atomic mass is 32.1. The van der Waals surface area contributed by atoms with E-state index >= 15 is 0 Å². The van der Waals surface area contributed by atoms with Crippen LogP contribution in [0, 0.1) is 10.1 Å². The summed E-state index contributed by atoms with van der Waals surface area (Å²) < 4.78 is 0. The standard InChI is InChI=1S/C22H37N3O4S/c1-2-3-4-5-6-7-8-9-10-11-16-23-22(30)24-20(17-26)21(27)18-12-14-19(15-13-18)25(28)29/h12-15,20-21,26-27H,2-11,16-17H2,1H3,(H2,23,24,30)/t20-,21-/m1/s1. The van der Waals surface area contributed by atoms with Gasteiger partial charge in [-0.1, -0.05) is 64.7 Å². The Labute approximate surface area is 185 Å². The molecular weight excluding hydrogens is 402 g/mol. The second-order valence-corrected chi connectivity index (χ2v) is 8.07. The smallest absolute Gasteiger partial charge is 0.269 e. The molecule has 0 saturated heterocycles. The SMILES string of the molecule is CCCCCCCCCCCCNC(=S)N[C@H](CO)[C@H](O)c1ccc([N+](=O)[O-])cc1. The highest BCUT2D eigenvalue weighted by Crippen LogP contribution is 2.20. The summed E-state index contributed by atoms with van der Waals surface area (Å²) in [6.07, 6.45) is 11.7. The van der Waals surface area contributed by atoms with Crippen molar-refractivity contribution in [1.82, 2.24) is 10.6 Å². The number of nitro benzene ring substituents is 1. The van der Waals surface area contributed by atoms with Gasteiger partial charge in [0.25, 0.3) is 5.69 Å². The van der Waals surface area contributed by atoms with Gasteiger partial charge >= 0.3 is 0 Å². The van der Waals surface area contributed by atoms with E-state index in [9.17, 15) is 20.3 Å². The van der Waals surface area contributed by atoms with Crippen LogP contribution in [-0.2, 0) is 0 Å². The summed E-state index contributed by atoms with van der Waals surface area (Å²) in [5.74, 6) is 0. The molecule has 7 nitrogen and oxygen atoms in total. The van der Waals surface area contributed by atoms with Gasteiger partial charge in [0.1, 0.15) is 6.10 Å². The van der Waals surface area contributed by atoms with E-state index in [1.165, 1.54) is 75.6 Å². The van der Waals surface area contributed by atoms with Crippen LogP contribution < -0.4 is 10.6 Å². The molecule has 1 rings (SSSR count). The number of aliphatic hydroxyl groups excluding tert-OH is 2.